The van der Waals surface area contributed by atoms with Gasteiger partial charge < -0.3 is 14.2 Å². The smallest absolute Gasteiger partial charge is 0.131 e. The first-order valence-corrected chi connectivity index (χ1v) is 5.99. The highest BCUT2D eigenvalue weighted by Crippen LogP contribution is 2.48. The second kappa shape index (κ2) is 4.33. The molecule has 2 heterocycles. The van der Waals surface area contributed by atoms with E-state index in [1.165, 1.54) is 0 Å². The highest BCUT2D eigenvalue weighted by molar-refractivity contribution is 5.53. The fourth-order valence-electron chi connectivity index (χ4n) is 2.71. The van der Waals surface area contributed by atoms with E-state index in [4.69, 9.17) is 19.0 Å². The lowest BCUT2D eigenvalue weighted by Crippen LogP contribution is -2.29. The second-order valence-electron chi connectivity index (χ2n) is 4.60. The van der Waals surface area contributed by atoms with Crippen LogP contribution in [-0.4, -0.2) is 39.5 Å². The Morgan fingerprint density at radius 3 is 2.78 bits per heavy atom. The standard InChI is InChI=1S/C13H17NO4/c1-14-13-8(7-18-14)6-17-11-5-9(15-2)4-10(16-3)12(11)13/h4-5,8,13H,6-7H2,1-3H3/t8-,13+/m0/s1. The summed E-state index contributed by atoms with van der Waals surface area (Å²) in [5.41, 5.74) is 1.05. The monoisotopic (exact) mass is 251 g/mol. The van der Waals surface area contributed by atoms with Crippen molar-refractivity contribution >= 4 is 0 Å². The zero-order valence-corrected chi connectivity index (χ0v) is 10.8. The largest absolute Gasteiger partial charge is 0.496 e. The van der Waals surface area contributed by atoms with Crippen molar-refractivity contribution in [2.75, 3.05) is 34.5 Å². The van der Waals surface area contributed by atoms with Crippen LogP contribution < -0.4 is 14.2 Å². The van der Waals surface area contributed by atoms with E-state index in [0.717, 1.165) is 22.8 Å². The van der Waals surface area contributed by atoms with Crippen molar-refractivity contribution in [3.8, 4) is 17.2 Å². The van der Waals surface area contributed by atoms with Gasteiger partial charge in [0.25, 0.3) is 0 Å². The summed E-state index contributed by atoms with van der Waals surface area (Å²) in [7, 11) is 5.25. The molecule has 3 rings (SSSR count). The van der Waals surface area contributed by atoms with Crippen molar-refractivity contribution in [1.29, 1.82) is 0 Å². The van der Waals surface area contributed by atoms with Crippen molar-refractivity contribution < 1.29 is 19.0 Å². The van der Waals surface area contributed by atoms with E-state index >= 15 is 0 Å². The number of hydroxylamine groups is 2. The molecule has 0 bridgehead atoms. The average Bonchev–Trinajstić information content (AvgIpc) is 2.79. The molecule has 1 aromatic carbocycles. The maximum Gasteiger partial charge on any atom is 0.131 e. The molecule has 2 aliphatic heterocycles. The van der Waals surface area contributed by atoms with Crippen molar-refractivity contribution in [1.82, 2.24) is 5.06 Å². The summed E-state index contributed by atoms with van der Waals surface area (Å²) >= 11 is 0. The van der Waals surface area contributed by atoms with Crippen LogP contribution in [0.1, 0.15) is 11.6 Å². The third kappa shape index (κ3) is 1.62. The SMILES string of the molecule is COc1cc(OC)c2c(c1)OC[C@H]1CON(C)[C@@H]21. The Morgan fingerprint density at radius 2 is 2.06 bits per heavy atom. The first kappa shape index (κ1) is 11.6. The fourth-order valence-corrected chi connectivity index (χ4v) is 2.71. The molecule has 1 fully saturated rings. The van der Waals surface area contributed by atoms with Gasteiger partial charge in [-0.3, -0.25) is 4.84 Å². The van der Waals surface area contributed by atoms with Crippen molar-refractivity contribution in [3.05, 3.63) is 17.7 Å². The summed E-state index contributed by atoms with van der Waals surface area (Å²) < 4.78 is 16.5. The molecule has 0 N–H and O–H groups in total. The molecule has 2 aliphatic rings. The van der Waals surface area contributed by atoms with Gasteiger partial charge in [-0.15, -0.1) is 0 Å². The fraction of sp³-hybridized carbons (Fsp3) is 0.538. The van der Waals surface area contributed by atoms with Gasteiger partial charge in [-0.25, -0.2) is 0 Å². The summed E-state index contributed by atoms with van der Waals surface area (Å²) in [5, 5.41) is 1.89. The molecule has 0 radical (unpaired) electrons. The Labute approximate surface area is 106 Å². The maximum absolute atomic E-state index is 5.80. The molecule has 0 spiro atoms. The van der Waals surface area contributed by atoms with Crippen LogP contribution >= 0.6 is 0 Å². The lowest BCUT2D eigenvalue weighted by atomic mass is 9.91. The molecule has 0 aromatic heterocycles. The Morgan fingerprint density at radius 1 is 1.22 bits per heavy atom. The first-order valence-electron chi connectivity index (χ1n) is 5.99. The van der Waals surface area contributed by atoms with E-state index in [0.29, 0.717) is 19.1 Å². The maximum atomic E-state index is 5.80. The van der Waals surface area contributed by atoms with Crippen LogP contribution in [0.2, 0.25) is 0 Å². The Bertz CT molecular complexity index is 445. The quantitative estimate of drug-likeness (QED) is 0.799. The summed E-state index contributed by atoms with van der Waals surface area (Å²) in [6.45, 7) is 1.36. The van der Waals surface area contributed by atoms with Crippen LogP contribution in [0.15, 0.2) is 12.1 Å². The van der Waals surface area contributed by atoms with Gasteiger partial charge in [0.15, 0.2) is 0 Å². The molecule has 1 saturated heterocycles. The van der Waals surface area contributed by atoms with Crippen LogP contribution in [0.4, 0.5) is 0 Å². The van der Waals surface area contributed by atoms with Crippen molar-refractivity contribution in [3.63, 3.8) is 0 Å². The van der Waals surface area contributed by atoms with Gasteiger partial charge in [0, 0.05) is 25.1 Å². The summed E-state index contributed by atoms with van der Waals surface area (Å²) in [5.74, 6) is 2.71. The van der Waals surface area contributed by atoms with Gasteiger partial charge in [0.1, 0.15) is 17.2 Å². The number of hydrogen-bond donors (Lipinski definition) is 0. The van der Waals surface area contributed by atoms with Gasteiger partial charge in [0.2, 0.25) is 0 Å². The topological polar surface area (TPSA) is 40.2 Å². The number of methoxy groups -OCH3 is 2. The minimum absolute atomic E-state index is 0.189. The van der Waals surface area contributed by atoms with E-state index in [9.17, 15) is 0 Å². The minimum Gasteiger partial charge on any atom is -0.496 e. The number of hydrogen-bond acceptors (Lipinski definition) is 5. The molecule has 2 atom stereocenters. The molecule has 5 heteroatoms. The van der Waals surface area contributed by atoms with Gasteiger partial charge in [-0.1, -0.05) is 0 Å². The molecule has 98 valence electrons. The average molecular weight is 251 g/mol. The van der Waals surface area contributed by atoms with Crippen LogP contribution in [0.3, 0.4) is 0 Å². The van der Waals surface area contributed by atoms with Gasteiger partial charge >= 0.3 is 0 Å². The Balaban J connectivity index is 2.11. The van der Waals surface area contributed by atoms with E-state index < -0.39 is 0 Å². The van der Waals surface area contributed by atoms with Crippen molar-refractivity contribution in [2.45, 2.75) is 6.04 Å². The summed E-state index contributed by atoms with van der Waals surface area (Å²) in [6, 6.07) is 3.98. The minimum atomic E-state index is 0.189. The van der Waals surface area contributed by atoms with Crippen LogP contribution in [-0.2, 0) is 4.84 Å². The van der Waals surface area contributed by atoms with E-state index in [1.807, 2.05) is 24.2 Å². The van der Waals surface area contributed by atoms with E-state index in [1.54, 1.807) is 14.2 Å². The Hall–Kier alpha value is -1.46. The van der Waals surface area contributed by atoms with Crippen molar-refractivity contribution in [2.24, 2.45) is 5.92 Å². The third-order valence-electron chi connectivity index (χ3n) is 3.61. The zero-order valence-electron chi connectivity index (χ0n) is 10.8. The zero-order chi connectivity index (χ0) is 12.7. The lowest BCUT2D eigenvalue weighted by Gasteiger charge is -2.31. The molecule has 0 aliphatic carbocycles. The third-order valence-corrected chi connectivity index (χ3v) is 3.61. The molecular formula is C13H17NO4. The number of rotatable bonds is 2. The lowest BCUT2D eigenvalue weighted by molar-refractivity contribution is -0.111. The number of fused-ring (bicyclic) bond motifs is 3. The number of nitrogens with zero attached hydrogens (tertiary/aromatic N) is 1. The highest BCUT2D eigenvalue weighted by Gasteiger charge is 2.42. The molecule has 0 amide bonds. The second-order valence-corrected chi connectivity index (χ2v) is 4.60. The number of ether oxygens (including phenoxy) is 3. The van der Waals surface area contributed by atoms with E-state index in [2.05, 4.69) is 0 Å². The van der Waals surface area contributed by atoms with Crippen LogP contribution in [0, 0.1) is 5.92 Å². The van der Waals surface area contributed by atoms with Gasteiger partial charge in [-0.2, -0.15) is 5.06 Å². The molecule has 0 unspecified atom stereocenters. The molecular weight excluding hydrogens is 234 g/mol. The molecule has 18 heavy (non-hydrogen) atoms. The summed E-state index contributed by atoms with van der Waals surface area (Å²) in [6.07, 6.45) is 0. The molecule has 1 aromatic rings. The summed E-state index contributed by atoms with van der Waals surface area (Å²) in [4.78, 5) is 5.58. The predicted molar refractivity (Wildman–Crippen MR) is 65.0 cm³/mol. The Kier molecular flexibility index (Phi) is 2.80. The molecule has 5 nitrogen and oxygen atoms in total. The number of benzene rings is 1. The van der Waals surface area contributed by atoms with Gasteiger partial charge in [-0.05, 0) is 0 Å². The van der Waals surface area contributed by atoms with Gasteiger partial charge in [0.05, 0.1) is 39.0 Å². The molecule has 0 saturated carbocycles. The predicted octanol–water partition coefficient (Wildman–Crippen LogP) is 1.63. The van der Waals surface area contributed by atoms with E-state index in [-0.39, 0.29) is 6.04 Å². The first-order chi connectivity index (χ1) is 8.74. The normalized spacial score (nSPS) is 26.2. The van der Waals surface area contributed by atoms with Crippen LogP contribution in [0.25, 0.3) is 0 Å². The highest BCUT2D eigenvalue weighted by atomic mass is 16.7. The van der Waals surface area contributed by atoms with Crippen LogP contribution in [0.5, 0.6) is 17.2 Å².